The molecule has 0 heterocycles. The van der Waals surface area contributed by atoms with Crippen molar-refractivity contribution in [3.63, 3.8) is 0 Å². The van der Waals surface area contributed by atoms with E-state index in [2.05, 4.69) is 0 Å². The van der Waals surface area contributed by atoms with Crippen LogP contribution in [0.3, 0.4) is 0 Å². The summed E-state index contributed by atoms with van der Waals surface area (Å²) in [5, 5.41) is 40.9. The van der Waals surface area contributed by atoms with Crippen molar-refractivity contribution in [2.45, 2.75) is 13.0 Å². The molecule has 15 nitrogen and oxygen atoms in total. The normalized spacial score (nSPS) is 10.9. The Morgan fingerprint density at radius 2 is 1.10 bits per heavy atom. The van der Waals surface area contributed by atoms with Crippen molar-refractivity contribution in [2.24, 2.45) is 0 Å². The van der Waals surface area contributed by atoms with Crippen LogP contribution >= 0.6 is 0 Å². The Morgan fingerprint density at radius 1 is 0.667 bits per heavy atom. The molecule has 0 spiro atoms. The molecule has 2 amide bonds. The van der Waals surface area contributed by atoms with Gasteiger partial charge in [-0.3, -0.25) is 29.8 Å². The molecule has 0 unspecified atom stereocenters. The van der Waals surface area contributed by atoms with Crippen LogP contribution in [0, 0.1) is 20.2 Å². The van der Waals surface area contributed by atoms with E-state index in [9.17, 15) is 39.7 Å². The van der Waals surface area contributed by atoms with E-state index in [-0.39, 0.29) is 46.0 Å². The average molecular weight is 661 g/mol. The number of hydrogen-bond acceptors (Lipinski definition) is 10. The highest BCUT2D eigenvalue weighted by Crippen LogP contribution is 2.35. The van der Waals surface area contributed by atoms with Crippen molar-refractivity contribution < 1.29 is 43.9 Å². The number of carbonyl (C=O) groups excluding carboxylic acids is 2. The van der Waals surface area contributed by atoms with Gasteiger partial charge < -0.3 is 29.5 Å². The summed E-state index contributed by atoms with van der Waals surface area (Å²) in [6.07, 6.45) is -0.783. The Balaban J connectivity index is 0.000000260. The molecule has 0 aliphatic carbocycles. The highest BCUT2D eigenvalue weighted by Gasteiger charge is 2.20. The van der Waals surface area contributed by atoms with Crippen LogP contribution < -0.4 is 9.47 Å². The number of carbonyl (C=O) groups is 3. The molecular formula is C33H32N4O11. The van der Waals surface area contributed by atoms with Gasteiger partial charge in [0.15, 0.2) is 0 Å². The summed E-state index contributed by atoms with van der Waals surface area (Å²) in [4.78, 5) is 58.8. The number of hydrogen-bond donors (Lipinski definition) is 2. The largest absolute Gasteiger partial charge is 0.478 e. The first-order chi connectivity index (χ1) is 22.6. The van der Waals surface area contributed by atoms with E-state index < -0.39 is 21.9 Å². The van der Waals surface area contributed by atoms with Crippen LogP contribution in [0.25, 0.3) is 0 Å². The molecule has 0 saturated heterocycles. The topological polar surface area (TPSA) is 203 Å². The molecule has 2 N–H and O–H groups in total. The SMILES string of the molecule is CN(C)C(=O)c1cccc(Oc2cc(C(=O)O)ccc2[N+](=O)[O-])c1.C[C@H](O)c1ccc([N+](=O)[O-])c(Oc2cccc(C(=O)N(C)C)c2)c1. The van der Waals surface area contributed by atoms with Gasteiger partial charge in [0.2, 0.25) is 11.5 Å². The first-order valence-electron chi connectivity index (χ1n) is 14.1. The molecule has 0 fully saturated rings. The third-order valence-electron chi connectivity index (χ3n) is 6.50. The molecule has 0 aromatic heterocycles. The number of rotatable bonds is 10. The Labute approximate surface area is 274 Å². The van der Waals surface area contributed by atoms with Crippen LogP contribution in [0.1, 0.15) is 49.7 Å². The van der Waals surface area contributed by atoms with E-state index in [0.29, 0.717) is 22.4 Å². The van der Waals surface area contributed by atoms with Crippen LogP contribution in [0.15, 0.2) is 84.9 Å². The number of nitro benzene ring substituents is 2. The summed E-state index contributed by atoms with van der Waals surface area (Å²) >= 11 is 0. The Morgan fingerprint density at radius 3 is 1.50 bits per heavy atom. The molecule has 4 rings (SSSR count). The van der Waals surface area contributed by atoms with Gasteiger partial charge in [-0.2, -0.15) is 0 Å². The molecule has 0 saturated carbocycles. The van der Waals surface area contributed by atoms with Crippen LogP contribution in [0.5, 0.6) is 23.0 Å². The second-order valence-corrected chi connectivity index (χ2v) is 10.6. The molecule has 1 atom stereocenters. The third kappa shape index (κ3) is 9.34. The lowest BCUT2D eigenvalue weighted by Crippen LogP contribution is -2.21. The second-order valence-electron chi connectivity index (χ2n) is 10.6. The van der Waals surface area contributed by atoms with Crippen molar-refractivity contribution in [3.05, 3.63) is 127 Å². The second kappa shape index (κ2) is 15.8. The van der Waals surface area contributed by atoms with Crippen LogP contribution in [-0.2, 0) is 0 Å². The number of benzene rings is 4. The monoisotopic (exact) mass is 660 g/mol. The Hall–Kier alpha value is -6.35. The lowest BCUT2D eigenvalue weighted by molar-refractivity contribution is -0.385. The van der Waals surface area contributed by atoms with Crippen molar-refractivity contribution in [3.8, 4) is 23.0 Å². The van der Waals surface area contributed by atoms with Gasteiger partial charge in [-0.1, -0.05) is 12.1 Å². The smallest absolute Gasteiger partial charge is 0.335 e. The van der Waals surface area contributed by atoms with Gasteiger partial charge in [-0.15, -0.1) is 0 Å². The zero-order valence-electron chi connectivity index (χ0n) is 26.5. The van der Waals surface area contributed by atoms with E-state index in [1.165, 1.54) is 46.2 Å². The number of aliphatic hydroxyl groups excluding tert-OH is 1. The fraction of sp³-hybridized carbons (Fsp3) is 0.182. The Kier molecular flexibility index (Phi) is 11.9. The molecule has 15 heteroatoms. The summed E-state index contributed by atoms with van der Waals surface area (Å²) in [5.74, 6) is -1.41. The maximum atomic E-state index is 12.0. The standard InChI is InChI=1S/C17H18N2O5.C16H14N2O6/c1-11(20)12-7-8-15(19(22)23)16(10-12)24-14-6-4-5-13(9-14)17(21)18(2)3;1-17(2)15(19)10-4-3-5-12(8-10)24-14-9-11(16(20)21)6-7-13(14)18(22)23/h4-11,20H,1-3H3;3-9H,1-2H3,(H,20,21)/t11-;/m0./s1. The van der Waals surface area contributed by atoms with Crippen molar-refractivity contribution >= 4 is 29.2 Å². The molecule has 4 aromatic carbocycles. The zero-order chi connectivity index (χ0) is 35.7. The molecule has 48 heavy (non-hydrogen) atoms. The number of ether oxygens (including phenoxy) is 2. The molecule has 0 radical (unpaired) electrons. The fourth-order valence-electron chi connectivity index (χ4n) is 4.06. The summed E-state index contributed by atoms with van der Waals surface area (Å²) in [5.41, 5.74) is 0.515. The maximum absolute atomic E-state index is 12.0. The van der Waals surface area contributed by atoms with Gasteiger partial charge >= 0.3 is 17.3 Å². The van der Waals surface area contributed by atoms with Gasteiger partial charge in [0.1, 0.15) is 11.5 Å². The summed E-state index contributed by atoms with van der Waals surface area (Å²) in [6, 6.07) is 19.9. The summed E-state index contributed by atoms with van der Waals surface area (Å²) in [6.45, 7) is 1.56. The number of nitro groups is 2. The summed E-state index contributed by atoms with van der Waals surface area (Å²) in [7, 11) is 6.45. The lowest BCUT2D eigenvalue weighted by Gasteiger charge is -2.13. The molecule has 4 aromatic rings. The van der Waals surface area contributed by atoms with E-state index in [4.69, 9.17) is 14.6 Å². The first-order valence-corrected chi connectivity index (χ1v) is 14.1. The third-order valence-corrected chi connectivity index (χ3v) is 6.50. The van der Waals surface area contributed by atoms with E-state index in [1.54, 1.807) is 65.4 Å². The minimum Gasteiger partial charge on any atom is -0.478 e. The lowest BCUT2D eigenvalue weighted by atomic mass is 10.1. The zero-order valence-corrected chi connectivity index (χ0v) is 26.5. The number of nitrogens with zero attached hydrogens (tertiary/aromatic N) is 4. The molecule has 0 bridgehead atoms. The van der Waals surface area contributed by atoms with Crippen LogP contribution in [-0.4, -0.2) is 75.8 Å². The van der Waals surface area contributed by atoms with E-state index in [1.807, 2.05) is 0 Å². The summed E-state index contributed by atoms with van der Waals surface area (Å²) < 4.78 is 11.1. The molecule has 250 valence electrons. The molecule has 0 aliphatic heterocycles. The molecular weight excluding hydrogens is 628 g/mol. The van der Waals surface area contributed by atoms with Crippen molar-refractivity contribution in [1.82, 2.24) is 9.80 Å². The average Bonchev–Trinajstić information content (AvgIpc) is 3.04. The predicted octanol–water partition coefficient (Wildman–Crippen LogP) is 5.93. The number of carboxylic acids is 1. The maximum Gasteiger partial charge on any atom is 0.335 e. The molecule has 0 aliphatic rings. The van der Waals surface area contributed by atoms with E-state index in [0.717, 1.165) is 18.2 Å². The van der Waals surface area contributed by atoms with Crippen molar-refractivity contribution in [1.29, 1.82) is 0 Å². The fourth-order valence-corrected chi connectivity index (χ4v) is 4.06. The van der Waals surface area contributed by atoms with Gasteiger partial charge in [0, 0.05) is 57.5 Å². The quantitative estimate of drug-likeness (QED) is 0.151. The first kappa shape index (κ1) is 36.1. The number of aromatic carboxylic acids is 1. The number of amides is 2. The van der Waals surface area contributed by atoms with Crippen molar-refractivity contribution in [2.75, 3.05) is 28.2 Å². The van der Waals surface area contributed by atoms with Gasteiger partial charge in [0.25, 0.3) is 11.8 Å². The van der Waals surface area contributed by atoms with Gasteiger partial charge in [-0.25, -0.2) is 4.79 Å². The highest BCUT2D eigenvalue weighted by atomic mass is 16.6. The highest BCUT2D eigenvalue weighted by molar-refractivity contribution is 5.95. The predicted molar refractivity (Wildman–Crippen MR) is 173 cm³/mol. The number of aliphatic hydroxyl groups is 1. The Bertz CT molecular complexity index is 1860. The van der Waals surface area contributed by atoms with E-state index >= 15 is 0 Å². The van der Waals surface area contributed by atoms with Gasteiger partial charge in [0.05, 0.1) is 21.5 Å². The minimum atomic E-state index is -1.23. The van der Waals surface area contributed by atoms with Gasteiger partial charge in [-0.05, 0) is 67.1 Å². The van der Waals surface area contributed by atoms with Crippen LogP contribution in [0.4, 0.5) is 11.4 Å². The van der Waals surface area contributed by atoms with Crippen LogP contribution in [0.2, 0.25) is 0 Å². The minimum absolute atomic E-state index is 0.00727. The number of carboxylic acid groups (broad SMARTS) is 1.